The van der Waals surface area contributed by atoms with E-state index in [1.807, 2.05) is 12.1 Å². The first-order valence-corrected chi connectivity index (χ1v) is 11.5. The van der Waals surface area contributed by atoms with Gasteiger partial charge in [-0.05, 0) is 53.8 Å². The van der Waals surface area contributed by atoms with E-state index in [4.69, 9.17) is 5.73 Å². The molecule has 4 rings (SSSR count). The van der Waals surface area contributed by atoms with Gasteiger partial charge < -0.3 is 20.7 Å². The Morgan fingerprint density at radius 2 is 1.74 bits per heavy atom. The zero-order valence-corrected chi connectivity index (χ0v) is 19.4. The molecule has 182 valence electrons. The molecule has 3 aromatic carbocycles. The molecule has 1 heterocycles. The molecule has 0 aliphatic heterocycles. The Morgan fingerprint density at radius 3 is 2.46 bits per heavy atom. The van der Waals surface area contributed by atoms with Crippen molar-refractivity contribution < 1.29 is 18.7 Å². The number of nitrogens with one attached hydrogen (secondary N) is 1. The summed E-state index contributed by atoms with van der Waals surface area (Å²) in [6, 6.07) is 17.4. The van der Waals surface area contributed by atoms with Crippen molar-refractivity contribution >= 4 is 17.0 Å². The van der Waals surface area contributed by atoms with Gasteiger partial charge >= 0.3 is 5.97 Å². The van der Waals surface area contributed by atoms with Crippen LogP contribution in [0, 0.1) is 11.6 Å². The zero-order valence-electron chi connectivity index (χ0n) is 19.4. The number of nitrogens with zero attached hydrogens (tertiary/aromatic N) is 2. The van der Waals surface area contributed by atoms with E-state index in [0.29, 0.717) is 29.7 Å². The van der Waals surface area contributed by atoms with Gasteiger partial charge in [0.25, 0.3) is 0 Å². The Labute approximate surface area is 202 Å². The van der Waals surface area contributed by atoms with Crippen molar-refractivity contribution in [1.29, 1.82) is 0 Å². The Bertz CT molecular complexity index is 1320. The number of benzene rings is 3. The third kappa shape index (κ3) is 5.72. The van der Waals surface area contributed by atoms with Gasteiger partial charge in [-0.25, -0.2) is 18.6 Å². The van der Waals surface area contributed by atoms with E-state index in [2.05, 4.69) is 29.4 Å². The molecule has 0 bridgehead atoms. The van der Waals surface area contributed by atoms with Gasteiger partial charge in [-0.3, -0.25) is 0 Å². The van der Waals surface area contributed by atoms with E-state index >= 15 is 0 Å². The van der Waals surface area contributed by atoms with Gasteiger partial charge in [-0.2, -0.15) is 0 Å². The molecule has 0 aliphatic carbocycles. The van der Waals surface area contributed by atoms with Gasteiger partial charge in [0.15, 0.2) is 0 Å². The molecule has 2 atom stereocenters. The fourth-order valence-electron chi connectivity index (χ4n) is 4.43. The van der Waals surface area contributed by atoms with Crippen LogP contribution < -0.4 is 11.1 Å². The largest absolute Gasteiger partial charge is 0.475 e. The highest BCUT2D eigenvalue weighted by atomic mass is 19.1. The first kappa shape index (κ1) is 24.5. The molecule has 0 spiro atoms. The highest BCUT2D eigenvalue weighted by Crippen LogP contribution is 2.25. The van der Waals surface area contributed by atoms with Gasteiger partial charge in [0.2, 0.25) is 5.82 Å². The number of carbonyl (C=O) groups is 1. The summed E-state index contributed by atoms with van der Waals surface area (Å²) in [5.41, 5.74) is 10.5. The Balaban J connectivity index is 1.67. The number of rotatable bonds is 10. The summed E-state index contributed by atoms with van der Waals surface area (Å²) in [5, 5.41) is 13.3. The van der Waals surface area contributed by atoms with Crippen LogP contribution in [-0.2, 0) is 19.4 Å². The molecule has 1 aromatic heterocycles. The molecule has 0 amide bonds. The lowest BCUT2D eigenvalue weighted by Crippen LogP contribution is -2.41. The first-order valence-electron chi connectivity index (χ1n) is 11.5. The second-order valence-corrected chi connectivity index (χ2v) is 8.62. The molecule has 0 unspecified atom stereocenters. The molecule has 0 fully saturated rings. The summed E-state index contributed by atoms with van der Waals surface area (Å²) in [6.07, 6.45) is 1.08. The summed E-state index contributed by atoms with van der Waals surface area (Å²) < 4.78 is 29.2. The maximum Gasteiger partial charge on any atom is 0.372 e. The first-order chi connectivity index (χ1) is 16.9. The smallest absolute Gasteiger partial charge is 0.372 e. The van der Waals surface area contributed by atoms with Crippen LogP contribution in [0.5, 0.6) is 0 Å². The molecule has 35 heavy (non-hydrogen) atoms. The summed E-state index contributed by atoms with van der Waals surface area (Å²) >= 11 is 0. The topological polar surface area (TPSA) is 93.2 Å². The molecule has 4 N–H and O–H groups in total. The second-order valence-electron chi connectivity index (χ2n) is 8.62. The van der Waals surface area contributed by atoms with Crippen molar-refractivity contribution in [3.05, 3.63) is 101 Å². The van der Waals surface area contributed by atoms with Crippen molar-refractivity contribution in [2.24, 2.45) is 5.73 Å². The fourth-order valence-corrected chi connectivity index (χ4v) is 4.43. The highest BCUT2D eigenvalue weighted by Gasteiger charge is 2.28. The predicted molar refractivity (Wildman–Crippen MR) is 131 cm³/mol. The zero-order chi connectivity index (χ0) is 24.9. The van der Waals surface area contributed by atoms with Gasteiger partial charge in [-0.15, -0.1) is 0 Å². The standard InChI is InChI=1S/C27H28F2N4O2/c1-2-17-6-5-7-18(10-17)15-31-16-25(22(30)13-19-11-20(28)14-21(29)12-19)33-24-9-4-3-8-23(24)32-26(33)27(34)35/h3-12,14,22,25,31H,2,13,15-16,30H2,1H3,(H,34,35)/t22-,25+/m0/s1. The molecule has 0 saturated carbocycles. The number of hydrogen-bond donors (Lipinski definition) is 3. The minimum Gasteiger partial charge on any atom is -0.475 e. The van der Waals surface area contributed by atoms with Crippen molar-refractivity contribution in [2.45, 2.75) is 38.4 Å². The van der Waals surface area contributed by atoms with Gasteiger partial charge in [0, 0.05) is 25.2 Å². The average Bonchev–Trinajstić information content (AvgIpc) is 3.21. The number of imidazole rings is 1. The minimum atomic E-state index is -1.18. The number of aryl methyl sites for hydroxylation is 1. The molecule has 4 aromatic rings. The fraction of sp³-hybridized carbons (Fsp3) is 0.259. The summed E-state index contributed by atoms with van der Waals surface area (Å²) in [7, 11) is 0. The molecule has 6 nitrogen and oxygen atoms in total. The molecule has 0 saturated heterocycles. The van der Waals surface area contributed by atoms with Gasteiger partial charge in [0.1, 0.15) is 11.6 Å². The lowest BCUT2D eigenvalue weighted by atomic mass is 9.99. The molecule has 0 radical (unpaired) electrons. The third-order valence-electron chi connectivity index (χ3n) is 6.09. The quantitative estimate of drug-likeness (QED) is 0.313. The summed E-state index contributed by atoms with van der Waals surface area (Å²) in [6.45, 7) is 2.98. The van der Waals surface area contributed by atoms with Crippen molar-refractivity contribution in [3.8, 4) is 0 Å². The van der Waals surface area contributed by atoms with Crippen LogP contribution in [0.1, 0.15) is 40.3 Å². The summed E-state index contributed by atoms with van der Waals surface area (Å²) in [5.74, 6) is -2.67. The average molecular weight is 479 g/mol. The predicted octanol–water partition coefficient (Wildman–Crippen LogP) is 4.48. The number of para-hydroxylation sites is 2. The van der Waals surface area contributed by atoms with Crippen LogP contribution in [0.25, 0.3) is 11.0 Å². The van der Waals surface area contributed by atoms with E-state index < -0.39 is 29.7 Å². The Hall–Kier alpha value is -3.62. The normalized spacial score (nSPS) is 13.1. The molecular formula is C27H28F2N4O2. The number of halogens is 2. The number of hydrogen-bond acceptors (Lipinski definition) is 4. The lowest BCUT2D eigenvalue weighted by molar-refractivity contribution is 0.0675. The van der Waals surface area contributed by atoms with Crippen molar-refractivity contribution in [2.75, 3.05) is 6.54 Å². The van der Waals surface area contributed by atoms with E-state index in [0.717, 1.165) is 18.1 Å². The maximum absolute atomic E-state index is 13.8. The van der Waals surface area contributed by atoms with E-state index in [9.17, 15) is 18.7 Å². The van der Waals surface area contributed by atoms with Crippen molar-refractivity contribution in [1.82, 2.24) is 14.9 Å². The number of aromatic nitrogens is 2. The van der Waals surface area contributed by atoms with E-state index in [-0.39, 0.29) is 12.2 Å². The minimum absolute atomic E-state index is 0.133. The van der Waals surface area contributed by atoms with E-state index in [1.165, 1.54) is 17.7 Å². The number of nitrogens with two attached hydrogens (primary N) is 1. The number of aromatic carboxylic acids is 1. The number of carboxylic acid groups (broad SMARTS) is 1. The van der Waals surface area contributed by atoms with E-state index in [1.54, 1.807) is 28.8 Å². The lowest BCUT2D eigenvalue weighted by Gasteiger charge is -2.28. The number of fused-ring (bicyclic) bond motifs is 1. The molecule has 0 aliphatic rings. The summed E-state index contributed by atoms with van der Waals surface area (Å²) in [4.78, 5) is 16.4. The molecule has 8 heteroatoms. The maximum atomic E-state index is 13.8. The number of carboxylic acids is 1. The highest BCUT2D eigenvalue weighted by molar-refractivity contribution is 5.90. The van der Waals surface area contributed by atoms with Crippen molar-refractivity contribution in [3.63, 3.8) is 0 Å². The second kappa shape index (κ2) is 10.8. The van der Waals surface area contributed by atoms with Crippen LogP contribution in [0.3, 0.4) is 0 Å². The van der Waals surface area contributed by atoms with Crippen LogP contribution in [0.15, 0.2) is 66.7 Å². The Kier molecular flexibility index (Phi) is 7.53. The van der Waals surface area contributed by atoms with Crippen LogP contribution in [0.4, 0.5) is 8.78 Å². The Morgan fingerprint density at radius 1 is 1.03 bits per heavy atom. The molecular weight excluding hydrogens is 450 g/mol. The van der Waals surface area contributed by atoms with Gasteiger partial charge in [0.05, 0.1) is 17.1 Å². The third-order valence-corrected chi connectivity index (χ3v) is 6.09. The van der Waals surface area contributed by atoms with Crippen LogP contribution in [-0.4, -0.2) is 33.2 Å². The van der Waals surface area contributed by atoms with Gasteiger partial charge in [-0.1, -0.05) is 43.3 Å². The van der Waals surface area contributed by atoms with Crippen LogP contribution >= 0.6 is 0 Å². The monoisotopic (exact) mass is 478 g/mol. The van der Waals surface area contributed by atoms with Crippen LogP contribution in [0.2, 0.25) is 0 Å². The SMILES string of the molecule is CCc1cccc(CNC[C@H]([C@@H](N)Cc2cc(F)cc(F)c2)n2c(C(=O)O)nc3ccccc32)c1.